The van der Waals surface area contributed by atoms with Crippen molar-refractivity contribution >= 4 is 44.9 Å². The molecule has 5 nitrogen and oxygen atoms in total. The largest absolute Gasteiger partial charge is 0.495 e. The predicted molar refractivity (Wildman–Crippen MR) is 99.8 cm³/mol. The number of nitrogens with one attached hydrogen (secondary N) is 1. The minimum Gasteiger partial charge on any atom is -0.495 e. The second-order valence-electron chi connectivity index (χ2n) is 5.75. The molecule has 0 saturated carbocycles. The normalized spacial score (nSPS) is 11.2. The molecule has 6 heteroatoms. The summed E-state index contributed by atoms with van der Waals surface area (Å²) < 4.78 is 11.4. The average Bonchev–Trinajstić information content (AvgIpc) is 3.12. The Morgan fingerprint density at radius 2 is 1.96 bits per heavy atom. The van der Waals surface area contributed by atoms with Crippen LogP contribution < -0.4 is 10.1 Å². The Morgan fingerprint density at radius 3 is 2.68 bits per heavy atom. The number of anilines is 1. The molecule has 0 bridgehead atoms. The van der Waals surface area contributed by atoms with Crippen LogP contribution >= 0.6 is 11.3 Å². The first kappa shape index (κ1) is 15.7. The van der Waals surface area contributed by atoms with Crippen LogP contribution in [0.5, 0.6) is 5.75 Å². The quantitative estimate of drug-likeness (QED) is 0.568. The van der Waals surface area contributed by atoms with Crippen molar-refractivity contribution in [1.82, 2.24) is 4.98 Å². The first-order valence-corrected chi connectivity index (χ1v) is 8.63. The van der Waals surface area contributed by atoms with E-state index in [4.69, 9.17) is 9.15 Å². The molecule has 0 unspecified atom stereocenters. The topological polar surface area (TPSA) is 64.4 Å². The van der Waals surface area contributed by atoms with E-state index < -0.39 is 0 Å². The van der Waals surface area contributed by atoms with Gasteiger partial charge in [-0.15, -0.1) is 11.3 Å². The van der Waals surface area contributed by atoms with E-state index in [0.717, 1.165) is 27.1 Å². The maximum Gasteiger partial charge on any atom is 0.267 e. The Balaban J connectivity index is 1.79. The molecule has 0 aliphatic rings. The molecule has 0 atom stereocenters. The number of amides is 1. The van der Waals surface area contributed by atoms with E-state index in [1.54, 1.807) is 13.2 Å². The number of nitrogens with zero attached hydrogens (tertiary/aromatic N) is 1. The Hall–Kier alpha value is -2.86. The first-order valence-electron chi connectivity index (χ1n) is 7.81. The summed E-state index contributed by atoms with van der Waals surface area (Å²) >= 11 is 1.38. The number of thiazole rings is 1. The number of furan rings is 1. The lowest BCUT2D eigenvalue weighted by atomic mass is 10.1. The summed E-state index contributed by atoms with van der Waals surface area (Å²) in [4.78, 5) is 17.5. The van der Waals surface area contributed by atoms with Crippen LogP contribution in [0.15, 0.2) is 40.8 Å². The average molecular weight is 352 g/mol. The number of rotatable bonds is 3. The molecule has 25 heavy (non-hydrogen) atoms. The number of aryl methyl sites for hydroxylation is 2. The fraction of sp³-hybridized carbons (Fsp3) is 0.158. The molecule has 2 aromatic heterocycles. The van der Waals surface area contributed by atoms with E-state index in [1.165, 1.54) is 11.3 Å². The minimum atomic E-state index is -0.197. The zero-order valence-electron chi connectivity index (χ0n) is 14.0. The van der Waals surface area contributed by atoms with Gasteiger partial charge in [-0.1, -0.05) is 18.2 Å². The third kappa shape index (κ3) is 2.64. The number of fused-ring (bicyclic) bond motifs is 3. The molecule has 2 aromatic carbocycles. The molecule has 0 fully saturated rings. The van der Waals surface area contributed by atoms with Crippen molar-refractivity contribution in [2.75, 3.05) is 12.4 Å². The summed E-state index contributed by atoms with van der Waals surface area (Å²) in [6, 6.07) is 11.5. The van der Waals surface area contributed by atoms with Crippen LogP contribution in [-0.4, -0.2) is 18.0 Å². The lowest BCUT2D eigenvalue weighted by Crippen LogP contribution is -2.12. The summed E-state index contributed by atoms with van der Waals surface area (Å²) in [6.45, 7) is 3.72. The van der Waals surface area contributed by atoms with Crippen molar-refractivity contribution in [3.05, 3.63) is 52.0 Å². The number of ether oxygens (including phenoxy) is 1. The Labute approximate surface area is 148 Å². The van der Waals surface area contributed by atoms with E-state index in [-0.39, 0.29) is 5.91 Å². The number of carbonyl (C=O) groups is 1. The fourth-order valence-electron chi connectivity index (χ4n) is 2.94. The van der Waals surface area contributed by atoms with Gasteiger partial charge in [0, 0.05) is 16.8 Å². The van der Waals surface area contributed by atoms with Crippen molar-refractivity contribution in [2.24, 2.45) is 0 Å². The van der Waals surface area contributed by atoms with Gasteiger partial charge in [-0.25, -0.2) is 4.98 Å². The lowest BCUT2D eigenvalue weighted by Gasteiger charge is -2.10. The Bertz CT molecular complexity index is 1110. The van der Waals surface area contributed by atoms with Gasteiger partial charge in [-0.2, -0.15) is 0 Å². The highest BCUT2D eigenvalue weighted by atomic mass is 32.1. The third-order valence-corrected chi connectivity index (χ3v) is 5.13. The molecule has 0 radical (unpaired) electrons. The van der Waals surface area contributed by atoms with Gasteiger partial charge < -0.3 is 14.5 Å². The number of para-hydroxylation sites is 1. The molecule has 2 heterocycles. The maximum absolute atomic E-state index is 12.6. The monoisotopic (exact) mass is 352 g/mol. The summed E-state index contributed by atoms with van der Waals surface area (Å²) in [5.74, 6) is 0.392. The number of benzene rings is 2. The zero-order chi connectivity index (χ0) is 17.6. The van der Waals surface area contributed by atoms with Crippen LogP contribution in [0.25, 0.3) is 21.9 Å². The standard InChI is InChI=1S/C19H16N2O3S/c1-10-18(25-11(2)20-10)19(22)21-14-9-16-13(8-17(14)23-3)12-6-4-5-7-15(12)24-16/h4-9H,1-3H3,(H,21,22). The summed E-state index contributed by atoms with van der Waals surface area (Å²) in [6.07, 6.45) is 0. The molecule has 0 saturated heterocycles. The van der Waals surface area contributed by atoms with Crippen molar-refractivity contribution < 1.29 is 13.9 Å². The molecule has 0 spiro atoms. The van der Waals surface area contributed by atoms with Gasteiger partial charge in [0.25, 0.3) is 5.91 Å². The number of carbonyl (C=O) groups excluding carboxylic acids is 1. The second-order valence-corrected chi connectivity index (χ2v) is 6.95. The summed E-state index contributed by atoms with van der Waals surface area (Å²) in [5, 5.41) is 5.75. The van der Waals surface area contributed by atoms with E-state index in [2.05, 4.69) is 10.3 Å². The number of aromatic nitrogens is 1. The second kappa shape index (κ2) is 5.89. The van der Waals surface area contributed by atoms with Crippen LogP contribution in [0.3, 0.4) is 0 Å². The Morgan fingerprint density at radius 1 is 1.16 bits per heavy atom. The van der Waals surface area contributed by atoms with E-state index in [0.29, 0.717) is 21.9 Å². The SMILES string of the molecule is COc1cc2c(cc1NC(=O)c1sc(C)nc1C)oc1ccccc12. The number of methoxy groups -OCH3 is 1. The van der Waals surface area contributed by atoms with Crippen molar-refractivity contribution in [2.45, 2.75) is 13.8 Å². The van der Waals surface area contributed by atoms with Gasteiger partial charge >= 0.3 is 0 Å². The van der Waals surface area contributed by atoms with Gasteiger partial charge in [-0.3, -0.25) is 4.79 Å². The van der Waals surface area contributed by atoms with Gasteiger partial charge in [0.1, 0.15) is 21.8 Å². The molecule has 126 valence electrons. The smallest absolute Gasteiger partial charge is 0.267 e. The number of hydrogen-bond donors (Lipinski definition) is 1. The molecule has 0 aliphatic carbocycles. The van der Waals surface area contributed by atoms with Crippen LogP contribution in [0, 0.1) is 13.8 Å². The van der Waals surface area contributed by atoms with Crippen molar-refractivity contribution in [1.29, 1.82) is 0 Å². The van der Waals surface area contributed by atoms with Crippen molar-refractivity contribution in [3.63, 3.8) is 0 Å². The molecular formula is C19H16N2O3S. The van der Waals surface area contributed by atoms with E-state index >= 15 is 0 Å². The highest BCUT2D eigenvalue weighted by molar-refractivity contribution is 7.13. The van der Waals surface area contributed by atoms with Gasteiger partial charge in [0.05, 0.1) is 23.5 Å². The number of hydrogen-bond acceptors (Lipinski definition) is 5. The third-order valence-electron chi connectivity index (χ3n) is 4.06. The van der Waals surface area contributed by atoms with Gasteiger partial charge in [0.2, 0.25) is 0 Å². The molecule has 1 amide bonds. The Kier molecular flexibility index (Phi) is 3.69. The minimum absolute atomic E-state index is 0.197. The predicted octanol–water partition coefficient (Wildman–Crippen LogP) is 4.92. The molecule has 0 aliphatic heterocycles. The molecule has 4 rings (SSSR count). The van der Waals surface area contributed by atoms with Crippen LogP contribution in [0.4, 0.5) is 5.69 Å². The summed E-state index contributed by atoms with van der Waals surface area (Å²) in [7, 11) is 1.58. The molecule has 1 N–H and O–H groups in total. The van der Waals surface area contributed by atoms with Crippen molar-refractivity contribution in [3.8, 4) is 5.75 Å². The van der Waals surface area contributed by atoms with E-state index in [9.17, 15) is 4.79 Å². The van der Waals surface area contributed by atoms with Crippen LogP contribution in [0.1, 0.15) is 20.4 Å². The van der Waals surface area contributed by atoms with E-state index in [1.807, 2.05) is 44.2 Å². The zero-order valence-corrected chi connectivity index (χ0v) is 14.9. The molecule has 4 aromatic rings. The summed E-state index contributed by atoms with van der Waals surface area (Å²) in [5.41, 5.74) is 2.81. The van der Waals surface area contributed by atoms with Crippen LogP contribution in [0.2, 0.25) is 0 Å². The van der Waals surface area contributed by atoms with Gasteiger partial charge in [-0.05, 0) is 26.0 Å². The highest BCUT2D eigenvalue weighted by Crippen LogP contribution is 2.36. The fourth-order valence-corrected chi connectivity index (χ4v) is 3.75. The first-order chi connectivity index (χ1) is 12.1. The molecular weight excluding hydrogens is 336 g/mol. The van der Waals surface area contributed by atoms with Gasteiger partial charge in [0.15, 0.2) is 0 Å². The van der Waals surface area contributed by atoms with Crippen LogP contribution in [-0.2, 0) is 0 Å². The maximum atomic E-state index is 12.6. The lowest BCUT2D eigenvalue weighted by molar-refractivity contribution is 0.102. The highest BCUT2D eigenvalue weighted by Gasteiger charge is 2.18.